The monoisotopic (exact) mass is 546 g/mol. The van der Waals surface area contributed by atoms with Gasteiger partial charge in [0.15, 0.2) is 18.1 Å². The van der Waals surface area contributed by atoms with Crippen molar-refractivity contribution in [3.63, 3.8) is 0 Å². The van der Waals surface area contributed by atoms with Gasteiger partial charge in [0.2, 0.25) is 0 Å². The molecule has 5 rings (SSSR count). The minimum absolute atomic E-state index is 0.0235. The van der Waals surface area contributed by atoms with Crippen LogP contribution in [0.2, 0.25) is 0 Å². The largest absolute Gasteiger partial charge is 0.493 e. The second-order valence-electron chi connectivity index (χ2n) is 8.03. The first-order chi connectivity index (χ1) is 18.5. The van der Waals surface area contributed by atoms with Crippen LogP contribution >= 0.6 is 23.1 Å². The Morgan fingerprint density at radius 2 is 1.47 bits per heavy atom. The van der Waals surface area contributed by atoms with E-state index in [1.165, 1.54) is 37.7 Å². The zero-order chi connectivity index (χ0) is 26.6. The van der Waals surface area contributed by atoms with Crippen molar-refractivity contribution in [3.05, 3.63) is 88.6 Å². The smallest absolute Gasteiger partial charge is 0.340 e. The summed E-state index contributed by atoms with van der Waals surface area (Å²) in [6.45, 7) is -0.515. The van der Waals surface area contributed by atoms with Gasteiger partial charge >= 0.3 is 5.97 Å². The van der Waals surface area contributed by atoms with Crippen molar-refractivity contribution in [1.82, 2.24) is 0 Å². The fraction of sp³-hybridized carbons (Fsp3) is 0.107. The molecule has 0 atom stereocenters. The molecule has 0 unspecified atom stereocenters. The number of methoxy groups -OCH3 is 2. The molecule has 3 aromatic carbocycles. The van der Waals surface area contributed by atoms with Crippen molar-refractivity contribution in [2.45, 2.75) is 9.79 Å². The average Bonchev–Trinajstić information content (AvgIpc) is 3.49. The van der Waals surface area contributed by atoms with Gasteiger partial charge in [-0.25, -0.2) is 4.79 Å². The van der Waals surface area contributed by atoms with Crippen molar-refractivity contribution in [2.75, 3.05) is 31.0 Å². The second kappa shape index (κ2) is 11.0. The SMILES string of the molecule is COc1cc(NC(=O)c2cccs2)c(C(=O)OCC(=O)N2c3ccccc3Sc3ccccc32)cc1OC. The van der Waals surface area contributed by atoms with Gasteiger partial charge in [-0.1, -0.05) is 42.1 Å². The lowest BCUT2D eigenvalue weighted by Crippen LogP contribution is -2.32. The average molecular weight is 547 g/mol. The van der Waals surface area contributed by atoms with Gasteiger partial charge in [-0.05, 0) is 35.7 Å². The zero-order valence-corrected chi connectivity index (χ0v) is 22.1. The number of thiophene rings is 1. The van der Waals surface area contributed by atoms with E-state index in [9.17, 15) is 14.4 Å². The molecule has 0 saturated heterocycles. The number of ether oxygens (including phenoxy) is 3. The quantitative estimate of drug-likeness (QED) is 0.284. The van der Waals surface area contributed by atoms with Crippen molar-refractivity contribution in [2.24, 2.45) is 0 Å². The number of carbonyl (C=O) groups is 3. The van der Waals surface area contributed by atoms with Crippen LogP contribution in [0.3, 0.4) is 0 Å². The van der Waals surface area contributed by atoms with Gasteiger partial charge in [-0.3, -0.25) is 14.5 Å². The van der Waals surface area contributed by atoms with Crippen molar-refractivity contribution < 1.29 is 28.6 Å². The van der Waals surface area contributed by atoms with Gasteiger partial charge < -0.3 is 19.5 Å². The lowest BCUT2D eigenvalue weighted by Gasteiger charge is -2.30. The number of carbonyl (C=O) groups excluding carboxylic acids is 3. The van der Waals surface area contributed by atoms with Gasteiger partial charge in [0.1, 0.15) is 0 Å². The Balaban J connectivity index is 1.41. The van der Waals surface area contributed by atoms with Gasteiger partial charge in [-0.15, -0.1) is 11.3 Å². The molecule has 4 aromatic rings. The fourth-order valence-electron chi connectivity index (χ4n) is 3.99. The molecule has 0 saturated carbocycles. The van der Waals surface area contributed by atoms with Gasteiger partial charge in [0, 0.05) is 21.9 Å². The van der Waals surface area contributed by atoms with Crippen LogP contribution in [0.1, 0.15) is 20.0 Å². The van der Waals surface area contributed by atoms with Gasteiger partial charge in [-0.2, -0.15) is 0 Å². The highest BCUT2D eigenvalue weighted by molar-refractivity contribution is 7.99. The topological polar surface area (TPSA) is 94.2 Å². The van der Waals surface area contributed by atoms with Crippen LogP contribution in [0.15, 0.2) is 88.0 Å². The molecule has 10 heteroatoms. The normalized spacial score (nSPS) is 11.7. The van der Waals surface area contributed by atoms with E-state index in [-0.39, 0.29) is 17.0 Å². The lowest BCUT2D eigenvalue weighted by atomic mass is 10.1. The predicted molar refractivity (Wildman–Crippen MR) is 146 cm³/mol. The summed E-state index contributed by atoms with van der Waals surface area (Å²) in [6, 6.07) is 21.4. The zero-order valence-electron chi connectivity index (χ0n) is 20.4. The highest BCUT2D eigenvalue weighted by atomic mass is 32.2. The molecule has 0 bridgehead atoms. The van der Waals surface area contributed by atoms with E-state index in [1.807, 2.05) is 48.5 Å². The fourth-order valence-corrected chi connectivity index (χ4v) is 5.66. The van der Waals surface area contributed by atoms with E-state index in [0.29, 0.717) is 22.0 Å². The maximum absolute atomic E-state index is 13.4. The molecule has 0 fully saturated rings. The summed E-state index contributed by atoms with van der Waals surface area (Å²) in [4.78, 5) is 43.3. The Kier molecular flexibility index (Phi) is 7.34. The molecular weight excluding hydrogens is 524 g/mol. The van der Waals surface area contributed by atoms with Crippen molar-refractivity contribution >= 4 is 57.9 Å². The number of nitrogens with zero attached hydrogens (tertiary/aromatic N) is 1. The summed E-state index contributed by atoms with van der Waals surface area (Å²) < 4.78 is 16.2. The molecular formula is C28H22N2O6S2. The lowest BCUT2D eigenvalue weighted by molar-refractivity contribution is -0.121. The number of hydrogen-bond acceptors (Lipinski definition) is 8. The Morgan fingerprint density at radius 1 is 0.842 bits per heavy atom. The van der Waals surface area contributed by atoms with Crippen LogP contribution in [0, 0.1) is 0 Å². The number of rotatable bonds is 7. The number of benzene rings is 3. The molecule has 1 aromatic heterocycles. The molecule has 2 amide bonds. The second-order valence-corrected chi connectivity index (χ2v) is 10.1. The Bertz CT molecular complexity index is 1470. The third kappa shape index (κ3) is 4.96. The summed E-state index contributed by atoms with van der Waals surface area (Å²) in [7, 11) is 2.88. The van der Waals surface area contributed by atoms with Crippen LogP contribution in [-0.2, 0) is 9.53 Å². The van der Waals surface area contributed by atoms with Crippen LogP contribution in [0.4, 0.5) is 17.1 Å². The number of fused-ring (bicyclic) bond motifs is 2. The number of nitrogens with one attached hydrogen (secondary N) is 1. The van der Waals surface area contributed by atoms with Crippen molar-refractivity contribution in [3.8, 4) is 11.5 Å². The highest BCUT2D eigenvalue weighted by Gasteiger charge is 2.29. The van der Waals surface area contributed by atoms with Crippen LogP contribution in [0.5, 0.6) is 11.5 Å². The number of anilines is 3. The number of esters is 1. The van der Waals surface area contributed by atoms with Gasteiger partial charge in [0.05, 0.1) is 41.7 Å². The first-order valence-electron chi connectivity index (χ1n) is 11.5. The van der Waals surface area contributed by atoms with Crippen LogP contribution in [-0.4, -0.2) is 38.6 Å². The third-order valence-electron chi connectivity index (χ3n) is 5.75. The minimum atomic E-state index is -0.797. The number of para-hydroxylation sites is 2. The van der Waals surface area contributed by atoms with Crippen molar-refractivity contribution in [1.29, 1.82) is 0 Å². The maximum atomic E-state index is 13.4. The van der Waals surface area contributed by atoms with E-state index < -0.39 is 24.4 Å². The summed E-state index contributed by atoms with van der Waals surface area (Å²) in [5, 5.41) is 4.51. The molecule has 192 valence electrons. The Hall–Kier alpha value is -4.28. The molecule has 0 spiro atoms. The van der Waals surface area contributed by atoms with E-state index in [4.69, 9.17) is 14.2 Å². The molecule has 1 aliphatic heterocycles. The molecule has 38 heavy (non-hydrogen) atoms. The summed E-state index contributed by atoms with van der Waals surface area (Å²) in [5.41, 5.74) is 1.62. The first kappa shape index (κ1) is 25.4. The molecule has 1 N–H and O–H groups in total. The van der Waals surface area contributed by atoms with E-state index >= 15 is 0 Å². The van der Waals surface area contributed by atoms with E-state index in [0.717, 1.165) is 9.79 Å². The first-order valence-corrected chi connectivity index (χ1v) is 13.2. The summed E-state index contributed by atoms with van der Waals surface area (Å²) >= 11 is 2.84. The number of amides is 2. The third-order valence-corrected chi connectivity index (χ3v) is 7.74. The summed E-state index contributed by atoms with van der Waals surface area (Å²) in [6.07, 6.45) is 0. The molecule has 0 radical (unpaired) electrons. The van der Waals surface area contributed by atoms with Gasteiger partial charge in [0.25, 0.3) is 11.8 Å². The van der Waals surface area contributed by atoms with E-state index in [1.54, 1.807) is 34.2 Å². The molecule has 0 aliphatic carbocycles. The van der Waals surface area contributed by atoms with E-state index in [2.05, 4.69) is 5.32 Å². The predicted octanol–water partition coefficient (Wildman–Crippen LogP) is 6.00. The summed E-state index contributed by atoms with van der Waals surface area (Å²) in [5.74, 6) is -1.01. The highest BCUT2D eigenvalue weighted by Crippen LogP contribution is 2.47. The maximum Gasteiger partial charge on any atom is 0.340 e. The minimum Gasteiger partial charge on any atom is -0.493 e. The van der Waals surface area contributed by atoms with Crippen LogP contribution < -0.4 is 19.7 Å². The Labute approximate surface area is 227 Å². The standard InChI is InChI=1S/C28H22N2O6S2/c1-34-21-14-17(18(15-22(21)35-2)29-27(32)25-12-7-13-37-25)28(33)36-16-26(31)30-19-8-3-5-10-23(19)38-24-11-6-4-9-20(24)30/h3-15H,16H2,1-2H3,(H,29,32). The number of hydrogen-bond donors (Lipinski definition) is 1. The molecule has 8 nitrogen and oxygen atoms in total. The molecule has 1 aliphatic rings. The Morgan fingerprint density at radius 3 is 2.08 bits per heavy atom. The molecule has 2 heterocycles. The van der Waals surface area contributed by atoms with Crippen LogP contribution in [0.25, 0.3) is 0 Å².